The van der Waals surface area contributed by atoms with Crippen molar-refractivity contribution < 1.29 is 0 Å². The quantitative estimate of drug-likeness (QED) is 0.554. The first kappa shape index (κ1) is 11.5. The highest BCUT2D eigenvalue weighted by molar-refractivity contribution is 4.80. The average Bonchev–Trinajstić information content (AvgIpc) is 2.28. The summed E-state index contributed by atoms with van der Waals surface area (Å²) in [6.45, 7) is 5.59. The first-order valence-electron chi connectivity index (χ1n) is 5.74. The molecule has 0 aromatic carbocycles. The fourth-order valence-electron chi connectivity index (χ4n) is 2.20. The van der Waals surface area contributed by atoms with Crippen molar-refractivity contribution in [3.8, 4) is 6.07 Å². The summed E-state index contributed by atoms with van der Waals surface area (Å²) in [5, 5.41) is 11.9. The van der Waals surface area contributed by atoms with Gasteiger partial charge in [0.1, 0.15) is 0 Å². The standard InChI is InChI=1S/C12H22N2/c1-12(2)7-3-5-11(6-8-12)14-10-4-9-13/h11,14H,3-8,10H2,1-2H3. The Morgan fingerprint density at radius 1 is 1.36 bits per heavy atom. The third-order valence-corrected chi connectivity index (χ3v) is 3.25. The summed E-state index contributed by atoms with van der Waals surface area (Å²) in [5.41, 5.74) is 0.533. The van der Waals surface area contributed by atoms with Crippen LogP contribution in [0.5, 0.6) is 0 Å². The molecule has 0 amide bonds. The molecule has 1 fully saturated rings. The molecule has 0 aliphatic heterocycles. The van der Waals surface area contributed by atoms with Crippen molar-refractivity contribution in [2.75, 3.05) is 6.54 Å². The predicted molar refractivity (Wildman–Crippen MR) is 58.9 cm³/mol. The van der Waals surface area contributed by atoms with E-state index >= 15 is 0 Å². The molecule has 80 valence electrons. The van der Waals surface area contributed by atoms with E-state index in [1.165, 1.54) is 32.1 Å². The van der Waals surface area contributed by atoms with Gasteiger partial charge in [0.05, 0.1) is 6.07 Å². The molecular weight excluding hydrogens is 172 g/mol. The number of nitrogens with one attached hydrogen (secondary N) is 1. The van der Waals surface area contributed by atoms with Gasteiger partial charge in [0.25, 0.3) is 0 Å². The summed E-state index contributed by atoms with van der Waals surface area (Å²) < 4.78 is 0. The van der Waals surface area contributed by atoms with E-state index in [0.717, 1.165) is 6.54 Å². The van der Waals surface area contributed by atoms with Crippen LogP contribution in [0.2, 0.25) is 0 Å². The van der Waals surface area contributed by atoms with Gasteiger partial charge < -0.3 is 5.32 Å². The maximum atomic E-state index is 8.44. The van der Waals surface area contributed by atoms with Crippen molar-refractivity contribution in [3.05, 3.63) is 0 Å². The van der Waals surface area contributed by atoms with Gasteiger partial charge in [-0.1, -0.05) is 20.3 Å². The Morgan fingerprint density at radius 3 is 2.86 bits per heavy atom. The number of hydrogen-bond donors (Lipinski definition) is 1. The average molecular weight is 194 g/mol. The van der Waals surface area contributed by atoms with Crippen LogP contribution in [0.4, 0.5) is 0 Å². The van der Waals surface area contributed by atoms with Crippen molar-refractivity contribution in [2.24, 2.45) is 5.41 Å². The zero-order valence-corrected chi connectivity index (χ0v) is 9.47. The van der Waals surface area contributed by atoms with E-state index in [1.54, 1.807) is 0 Å². The molecule has 0 aromatic rings. The molecule has 2 nitrogen and oxygen atoms in total. The van der Waals surface area contributed by atoms with Crippen molar-refractivity contribution in [2.45, 2.75) is 58.4 Å². The second-order valence-corrected chi connectivity index (χ2v) is 5.15. The fourth-order valence-corrected chi connectivity index (χ4v) is 2.20. The van der Waals surface area contributed by atoms with Crippen LogP contribution in [0.25, 0.3) is 0 Å². The highest BCUT2D eigenvalue weighted by Gasteiger charge is 2.23. The van der Waals surface area contributed by atoms with Gasteiger partial charge in [0.2, 0.25) is 0 Å². The van der Waals surface area contributed by atoms with E-state index < -0.39 is 0 Å². The lowest BCUT2D eigenvalue weighted by Crippen LogP contribution is -2.29. The topological polar surface area (TPSA) is 35.8 Å². The predicted octanol–water partition coefficient (Wildman–Crippen LogP) is 2.85. The van der Waals surface area contributed by atoms with E-state index in [2.05, 4.69) is 25.2 Å². The molecule has 0 saturated heterocycles. The van der Waals surface area contributed by atoms with Crippen molar-refractivity contribution >= 4 is 0 Å². The molecule has 14 heavy (non-hydrogen) atoms. The number of nitrogens with zero attached hydrogens (tertiary/aromatic N) is 1. The van der Waals surface area contributed by atoms with Crippen LogP contribution in [0, 0.1) is 16.7 Å². The first-order chi connectivity index (χ1) is 6.64. The molecule has 1 saturated carbocycles. The van der Waals surface area contributed by atoms with Gasteiger partial charge >= 0.3 is 0 Å². The van der Waals surface area contributed by atoms with Crippen molar-refractivity contribution in [1.82, 2.24) is 5.32 Å². The number of rotatable bonds is 3. The van der Waals surface area contributed by atoms with Crippen molar-refractivity contribution in [3.63, 3.8) is 0 Å². The molecule has 0 bridgehead atoms. The van der Waals surface area contributed by atoms with E-state index in [4.69, 9.17) is 5.26 Å². The maximum Gasteiger partial charge on any atom is 0.0635 e. The van der Waals surface area contributed by atoms with E-state index in [1.807, 2.05) is 0 Å². The molecule has 0 radical (unpaired) electrons. The molecule has 1 N–H and O–H groups in total. The largest absolute Gasteiger partial charge is 0.313 e. The summed E-state index contributed by atoms with van der Waals surface area (Å²) >= 11 is 0. The van der Waals surface area contributed by atoms with Crippen LogP contribution in [0.15, 0.2) is 0 Å². The second-order valence-electron chi connectivity index (χ2n) is 5.15. The zero-order valence-electron chi connectivity index (χ0n) is 9.47. The highest BCUT2D eigenvalue weighted by atomic mass is 14.9. The van der Waals surface area contributed by atoms with Gasteiger partial charge in [-0.2, -0.15) is 5.26 Å². The van der Waals surface area contributed by atoms with Gasteiger partial charge in [-0.25, -0.2) is 0 Å². The third kappa shape index (κ3) is 4.11. The summed E-state index contributed by atoms with van der Waals surface area (Å²) in [6, 6.07) is 2.83. The Balaban J connectivity index is 2.25. The SMILES string of the molecule is CC1(C)CCCC(NCCC#N)CC1. The van der Waals surface area contributed by atoms with Gasteiger partial charge in [-0.15, -0.1) is 0 Å². The first-order valence-corrected chi connectivity index (χ1v) is 5.74. The van der Waals surface area contributed by atoms with Gasteiger partial charge in [0.15, 0.2) is 0 Å². The van der Waals surface area contributed by atoms with E-state index in [0.29, 0.717) is 17.9 Å². The minimum absolute atomic E-state index is 0.533. The Kier molecular flexibility index (Phi) is 4.41. The van der Waals surface area contributed by atoms with E-state index in [-0.39, 0.29) is 0 Å². The van der Waals surface area contributed by atoms with Crippen LogP contribution < -0.4 is 5.32 Å². The Hall–Kier alpha value is -0.550. The lowest BCUT2D eigenvalue weighted by molar-refractivity contribution is 0.310. The van der Waals surface area contributed by atoms with Crippen LogP contribution in [0.3, 0.4) is 0 Å². The van der Waals surface area contributed by atoms with Gasteiger partial charge in [-0.05, 0) is 31.1 Å². The lowest BCUT2D eigenvalue weighted by Gasteiger charge is -2.22. The molecule has 0 aromatic heterocycles. The molecule has 0 heterocycles. The minimum Gasteiger partial charge on any atom is -0.313 e. The summed E-state index contributed by atoms with van der Waals surface area (Å²) in [6.07, 6.45) is 7.20. The highest BCUT2D eigenvalue weighted by Crippen LogP contribution is 2.33. The smallest absolute Gasteiger partial charge is 0.0635 e. The second kappa shape index (κ2) is 5.36. The number of nitriles is 1. The number of hydrogen-bond acceptors (Lipinski definition) is 2. The monoisotopic (exact) mass is 194 g/mol. The normalized spacial score (nSPS) is 26.5. The fraction of sp³-hybridized carbons (Fsp3) is 0.917. The van der Waals surface area contributed by atoms with Crippen LogP contribution in [-0.2, 0) is 0 Å². The van der Waals surface area contributed by atoms with Gasteiger partial charge in [-0.3, -0.25) is 0 Å². The molecule has 0 spiro atoms. The molecule has 1 aliphatic rings. The summed E-state index contributed by atoms with van der Waals surface area (Å²) in [4.78, 5) is 0. The molecule has 2 heteroatoms. The summed E-state index contributed by atoms with van der Waals surface area (Å²) in [5.74, 6) is 0. The zero-order chi connectivity index (χ0) is 10.4. The Morgan fingerprint density at radius 2 is 2.14 bits per heavy atom. The maximum absolute atomic E-state index is 8.44. The molecule has 1 atom stereocenters. The third-order valence-electron chi connectivity index (χ3n) is 3.25. The van der Waals surface area contributed by atoms with E-state index in [9.17, 15) is 0 Å². The van der Waals surface area contributed by atoms with Crippen LogP contribution in [0.1, 0.15) is 52.4 Å². The van der Waals surface area contributed by atoms with Crippen LogP contribution >= 0.6 is 0 Å². The molecule has 1 unspecified atom stereocenters. The summed E-state index contributed by atoms with van der Waals surface area (Å²) in [7, 11) is 0. The van der Waals surface area contributed by atoms with Crippen molar-refractivity contribution in [1.29, 1.82) is 5.26 Å². The Labute approximate surface area is 87.7 Å². The minimum atomic E-state index is 0.533. The molecule has 1 aliphatic carbocycles. The molecule has 1 rings (SSSR count). The Bertz CT molecular complexity index is 203. The lowest BCUT2D eigenvalue weighted by atomic mass is 9.85. The molecular formula is C12H22N2. The van der Waals surface area contributed by atoms with Crippen LogP contribution in [-0.4, -0.2) is 12.6 Å². The van der Waals surface area contributed by atoms with Gasteiger partial charge in [0, 0.05) is 19.0 Å².